The minimum atomic E-state index is -4.11. The van der Waals surface area contributed by atoms with Crippen molar-refractivity contribution in [3.8, 4) is 5.75 Å². The molecule has 1 N–H and O–H groups in total. The highest BCUT2D eigenvalue weighted by molar-refractivity contribution is 7.86. The van der Waals surface area contributed by atoms with E-state index < -0.39 is 15.3 Å². The van der Waals surface area contributed by atoms with Gasteiger partial charge in [-0.3, -0.25) is 4.79 Å². The molecule has 0 saturated carbocycles. The lowest BCUT2D eigenvalue weighted by molar-refractivity contribution is 0.101. The van der Waals surface area contributed by atoms with E-state index >= 15 is 0 Å². The van der Waals surface area contributed by atoms with Gasteiger partial charge < -0.3 is 4.18 Å². The van der Waals surface area contributed by atoms with Crippen LogP contribution in [0.1, 0.15) is 17.3 Å². The summed E-state index contributed by atoms with van der Waals surface area (Å²) in [4.78, 5) is 14.8. The van der Waals surface area contributed by atoms with Crippen molar-refractivity contribution in [2.45, 2.75) is 12.1 Å². The molecule has 0 atom stereocenters. The minimum absolute atomic E-state index is 0.0404. The first kappa shape index (κ1) is 12.2. The molecule has 2 rings (SSSR count). The van der Waals surface area contributed by atoms with Crippen molar-refractivity contribution >= 4 is 15.9 Å². The number of carbonyl (C=O) groups excluding carboxylic acids is 1. The Kier molecular flexibility index (Phi) is 3.11. The smallest absolute Gasteiger partial charge is 0.374 e. The highest BCUT2D eigenvalue weighted by Crippen LogP contribution is 2.21. The molecule has 0 aliphatic rings. The lowest BCUT2D eigenvalue weighted by Gasteiger charge is -2.07. The van der Waals surface area contributed by atoms with Gasteiger partial charge in [0.2, 0.25) is 0 Å². The van der Waals surface area contributed by atoms with E-state index in [2.05, 4.69) is 15.2 Å². The van der Waals surface area contributed by atoms with Gasteiger partial charge in [-0.1, -0.05) is 12.1 Å². The molecule has 0 aliphatic carbocycles. The summed E-state index contributed by atoms with van der Waals surface area (Å²) in [7, 11) is -4.11. The van der Waals surface area contributed by atoms with Crippen molar-refractivity contribution in [2.24, 2.45) is 0 Å². The Hall–Kier alpha value is -2.22. The average Bonchev–Trinajstić information content (AvgIpc) is 2.83. The molecule has 1 aromatic carbocycles. The molecule has 0 spiro atoms. The molecular weight excluding hydrogens is 258 g/mol. The second kappa shape index (κ2) is 4.57. The standard InChI is InChI=1S/C10H9N3O4S/c1-7(14)8-4-2-3-5-9(8)17-18(15,16)10-11-6-12-13-10/h2-6H,1H3,(H,11,12,13). The van der Waals surface area contributed by atoms with E-state index in [9.17, 15) is 13.2 Å². The SMILES string of the molecule is CC(=O)c1ccccc1OS(=O)(=O)c1ncn[nH]1. The maximum Gasteiger partial charge on any atom is 0.374 e. The normalized spacial score (nSPS) is 11.2. The number of ketones is 1. The summed E-state index contributed by atoms with van der Waals surface area (Å²) in [5.41, 5.74) is 0.181. The van der Waals surface area contributed by atoms with Gasteiger partial charge in [0.25, 0.3) is 5.16 Å². The molecule has 0 aliphatic heterocycles. The molecule has 1 aromatic heterocycles. The van der Waals surface area contributed by atoms with Crippen LogP contribution in [-0.4, -0.2) is 29.4 Å². The zero-order chi connectivity index (χ0) is 13.2. The summed E-state index contributed by atoms with van der Waals surface area (Å²) in [6, 6.07) is 6.06. The molecule has 0 saturated heterocycles. The number of nitrogens with zero attached hydrogens (tertiary/aromatic N) is 2. The first-order chi connectivity index (χ1) is 8.50. The van der Waals surface area contributed by atoms with Gasteiger partial charge >= 0.3 is 10.1 Å². The topological polar surface area (TPSA) is 102 Å². The molecule has 8 heteroatoms. The third-order valence-electron chi connectivity index (χ3n) is 2.10. The maximum atomic E-state index is 11.8. The van der Waals surface area contributed by atoms with E-state index in [0.717, 1.165) is 6.33 Å². The lowest BCUT2D eigenvalue weighted by Crippen LogP contribution is -2.13. The molecule has 0 radical (unpaired) electrons. The first-order valence-electron chi connectivity index (χ1n) is 4.90. The maximum absolute atomic E-state index is 11.8. The number of rotatable bonds is 4. The van der Waals surface area contributed by atoms with E-state index in [-0.39, 0.29) is 17.1 Å². The molecular formula is C10H9N3O4S. The fourth-order valence-corrected chi connectivity index (χ4v) is 2.10. The van der Waals surface area contributed by atoms with Crippen LogP contribution in [0.4, 0.5) is 0 Å². The number of Topliss-reactive ketones (excluding diaryl/α,β-unsaturated/α-hetero) is 1. The van der Waals surface area contributed by atoms with Crippen molar-refractivity contribution in [3.05, 3.63) is 36.2 Å². The van der Waals surface area contributed by atoms with Crippen LogP contribution in [0.2, 0.25) is 0 Å². The van der Waals surface area contributed by atoms with Crippen LogP contribution in [0.15, 0.2) is 35.7 Å². The predicted molar refractivity (Wildman–Crippen MR) is 60.6 cm³/mol. The molecule has 1 heterocycles. The second-order valence-corrected chi connectivity index (χ2v) is 4.84. The Bertz CT molecular complexity index is 664. The third kappa shape index (κ3) is 2.38. The molecule has 7 nitrogen and oxygen atoms in total. The molecule has 94 valence electrons. The zero-order valence-corrected chi connectivity index (χ0v) is 10.1. The number of H-pyrrole nitrogens is 1. The first-order valence-corrected chi connectivity index (χ1v) is 6.31. The Morgan fingerprint density at radius 1 is 1.33 bits per heavy atom. The van der Waals surface area contributed by atoms with E-state index in [1.165, 1.54) is 19.1 Å². The van der Waals surface area contributed by atoms with Crippen molar-refractivity contribution in [1.82, 2.24) is 15.2 Å². The van der Waals surface area contributed by atoms with Crippen LogP contribution in [0.25, 0.3) is 0 Å². The number of aromatic nitrogens is 3. The van der Waals surface area contributed by atoms with Gasteiger partial charge in [0, 0.05) is 0 Å². The Morgan fingerprint density at radius 3 is 2.67 bits per heavy atom. The number of carbonyl (C=O) groups is 1. The van der Waals surface area contributed by atoms with E-state index in [0.29, 0.717) is 0 Å². The Labute approximate surface area is 103 Å². The van der Waals surface area contributed by atoms with Gasteiger partial charge in [0.05, 0.1) is 5.56 Å². The van der Waals surface area contributed by atoms with Crippen molar-refractivity contribution < 1.29 is 17.4 Å². The van der Waals surface area contributed by atoms with Crippen LogP contribution >= 0.6 is 0 Å². The van der Waals surface area contributed by atoms with Crippen molar-refractivity contribution in [1.29, 1.82) is 0 Å². The van der Waals surface area contributed by atoms with Crippen LogP contribution in [0.3, 0.4) is 0 Å². The van der Waals surface area contributed by atoms with Gasteiger partial charge in [0.15, 0.2) is 11.5 Å². The molecule has 2 aromatic rings. The van der Waals surface area contributed by atoms with Crippen molar-refractivity contribution in [2.75, 3.05) is 0 Å². The summed E-state index contributed by atoms with van der Waals surface area (Å²) in [5, 5.41) is 5.20. The summed E-state index contributed by atoms with van der Waals surface area (Å²) >= 11 is 0. The van der Waals surface area contributed by atoms with Crippen LogP contribution in [0.5, 0.6) is 5.75 Å². The number of para-hydroxylation sites is 1. The molecule has 0 amide bonds. The van der Waals surface area contributed by atoms with E-state index in [1.807, 2.05) is 0 Å². The van der Waals surface area contributed by atoms with Gasteiger partial charge in [-0.05, 0) is 19.1 Å². The summed E-state index contributed by atoms with van der Waals surface area (Å²) in [6.07, 6.45) is 1.05. The summed E-state index contributed by atoms with van der Waals surface area (Å²) < 4.78 is 28.4. The molecule has 0 bridgehead atoms. The Morgan fingerprint density at radius 2 is 2.06 bits per heavy atom. The number of hydrogen-bond donors (Lipinski definition) is 1. The monoisotopic (exact) mass is 267 g/mol. The molecule has 0 fully saturated rings. The fraction of sp³-hybridized carbons (Fsp3) is 0.100. The van der Waals surface area contributed by atoms with Crippen LogP contribution < -0.4 is 4.18 Å². The summed E-state index contributed by atoms with van der Waals surface area (Å²) in [6.45, 7) is 1.32. The van der Waals surface area contributed by atoms with E-state index in [1.54, 1.807) is 12.1 Å². The quantitative estimate of drug-likeness (QED) is 0.648. The number of nitrogens with one attached hydrogen (secondary N) is 1. The fourth-order valence-electron chi connectivity index (χ4n) is 1.30. The molecule has 0 unspecified atom stereocenters. The van der Waals surface area contributed by atoms with Gasteiger partial charge in [-0.25, -0.2) is 10.1 Å². The predicted octanol–water partition coefficient (Wildman–Crippen LogP) is 0.775. The van der Waals surface area contributed by atoms with Gasteiger partial charge in [-0.2, -0.15) is 13.5 Å². The van der Waals surface area contributed by atoms with Crippen LogP contribution in [0, 0.1) is 0 Å². The Balaban J connectivity index is 2.39. The number of hydrogen-bond acceptors (Lipinski definition) is 6. The third-order valence-corrected chi connectivity index (χ3v) is 3.16. The van der Waals surface area contributed by atoms with Crippen molar-refractivity contribution in [3.63, 3.8) is 0 Å². The highest BCUT2D eigenvalue weighted by atomic mass is 32.2. The zero-order valence-electron chi connectivity index (χ0n) is 9.32. The minimum Gasteiger partial charge on any atom is -0.376 e. The second-order valence-electron chi connectivity index (χ2n) is 3.38. The number of benzene rings is 1. The van der Waals surface area contributed by atoms with Gasteiger partial charge in [0.1, 0.15) is 6.33 Å². The molecule has 18 heavy (non-hydrogen) atoms. The largest absolute Gasteiger partial charge is 0.376 e. The van der Waals surface area contributed by atoms with Gasteiger partial charge in [-0.15, -0.1) is 0 Å². The lowest BCUT2D eigenvalue weighted by atomic mass is 10.1. The highest BCUT2D eigenvalue weighted by Gasteiger charge is 2.22. The average molecular weight is 267 g/mol. The van der Waals surface area contributed by atoms with E-state index in [4.69, 9.17) is 4.18 Å². The van der Waals surface area contributed by atoms with Crippen LogP contribution in [-0.2, 0) is 10.1 Å². The summed E-state index contributed by atoms with van der Waals surface area (Å²) in [5.74, 6) is -0.334. The number of aromatic amines is 1.